The van der Waals surface area contributed by atoms with Crippen LogP contribution in [0.25, 0.3) is 0 Å². The summed E-state index contributed by atoms with van der Waals surface area (Å²) in [7, 11) is 0. The van der Waals surface area contributed by atoms with Crippen LogP contribution in [0.15, 0.2) is 17.0 Å². The molecule has 0 amide bonds. The van der Waals surface area contributed by atoms with E-state index in [0.717, 1.165) is 21.3 Å². The smallest absolute Gasteiger partial charge is 0.0901 e. The van der Waals surface area contributed by atoms with Crippen LogP contribution in [0.4, 0.5) is 5.69 Å². The van der Waals surface area contributed by atoms with Crippen molar-refractivity contribution in [3.8, 4) is 0 Å². The molecule has 68 valence electrons. The van der Waals surface area contributed by atoms with Gasteiger partial charge >= 0.3 is 0 Å². The van der Waals surface area contributed by atoms with E-state index >= 15 is 0 Å². The highest BCUT2D eigenvalue weighted by atomic mass is 35.5. The largest absolute Gasteiger partial charge is 0.348 e. The first-order valence-electron chi connectivity index (χ1n) is 3.58. The van der Waals surface area contributed by atoms with Crippen molar-refractivity contribution in [3.05, 3.63) is 22.2 Å². The predicted molar refractivity (Wildman–Crippen MR) is 63.4 cm³/mol. The average Bonchev–Trinajstić information content (AvgIpc) is 2.08. The van der Waals surface area contributed by atoms with Gasteiger partial charge in [0.25, 0.3) is 0 Å². The number of hydrogen-bond acceptors (Lipinski definition) is 2. The number of benzene rings is 1. The number of thioether (sulfide) groups is 1. The standard InChI is InChI=1S/C8H5Cl2NS2/c9-4-1-6-7(2-5(4)10)13-3-8(12)11-6/h1-2H,3H2,(H,11,12). The summed E-state index contributed by atoms with van der Waals surface area (Å²) in [4.78, 5) is 1.93. The van der Waals surface area contributed by atoms with Crippen molar-refractivity contribution in [2.75, 3.05) is 11.1 Å². The number of nitrogens with one attached hydrogen (secondary N) is 1. The van der Waals surface area contributed by atoms with Crippen LogP contribution in [0.5, 0.6) is 0 Å². The van der Waals surface area contributed by atoms with Gasteiger partial charge in [-0.3, -0.25) is 0 Å². The topological polar surface area (TPSA) is 12.0 Å². The molecular weight excluding hydrogens is 245 g/mol. The Balaban J connectivity index is 2.49. The van der Waals surface area contributed by atoms with Gasteiger partial charge in [-0.2, -0.15) is 0 Å². The van der Waals surface area contributed by atoms with E-state index in [0.29, 0.717) is 10.0 Å². The third kappa shape index (κ3) is 1.94. The lowest BCUT2D eigenvalue weighted by molar-refractivity contribution is 1.42. The molecule has 0 bridgehead atoms. The van der Waals surface area contributed by atoms with E-state index in [-0.39, 0.29) is 0 Å². The number of rotatable bonds is 0. The van der Waals surface area contributed by atoms with Gasteiger partial charge in [-0.05, 0) is 12.1 Å². The molecular formula is C8H5Cl2NS2. The molecule has 0 saturated carbocycles. The molecule has 0 radical (unpaired) electrons. The first kappa shape index (κ1) is 9.59. The number of fused-ring (bicyclic) bond motifs is 1. The molecule has 0 aromatic heterocycles. The van der Waals surface area contributed by atoms with Gasteiger partial charge in [-0.15, -0.1) is 11.8 Å². The Morgan fingerprint density at radius 3 is 2.77 bits per heavy atom. The molecule has 0 spiro atoms. The molecule has 0 saturated heterocycles. The summed E-state index contributed by atoms with van der Waals surface area (Å²) in [6, 6.07) is 3.66. The second-order valence-electron chi connectivity index (χ2n) is 2.60. The number of halogens is 2. The Morgan fingerprint density at radius 1 is 1.31 bits per heavy atom. The molecule has 0 fully saturated rings. The van der Waals surface area contributed by atoms with E-state index in [4.69, 9.17) is 35.4 Å². The second kappa shape index (κ2) is 3.65. The molecule has 0 unspecified atom stereocenters. The van der Waals surface area contributed by atoms with Gasteiger partial charge in [0.2, 0.25) is 0 Å². The molecule has 0 atom stereocenters. The lowest BCUT2D eigenvalue weighted by Crippen LogP contribution is -2.16. The summed E-state index contributed by atoms with van der Waals surface area (Å²) in [5.41, 5.74) is 0.954. The van der Waals surface area contributed by atoms with Gasteiger partial charge in [0, 0.05) is 10.6 Å². The highest BCUT2D eigenvalue weighted by molar-refractivity contribution is 8.01. The van der Waals surface area contributed by atoms with Gasteiger partial charge in [-0.1, -0.05) is 35.4 Å². The molecule has 1 aromatic rings. The summed E-state index contributed by atoms with van der Waals surface area (Å²) in [6.45, 7) is 0. The van der Waals surface area contributed by atoms with Crippen molar-refractivity contribution < 1.29 is 0 Å². The number of thiocarbonyl (C=S) groups is 1. The lowest BCUT2D eigenvalue weighted by Gasteiger charge is -2.18. The van der Waals surface area contributed by atoms with Gasteiger partial charge in [0.15, 0.2) is 0 Å². The Hall–Kier alpha value is 0.0400. The summed E-state index contributed by atoms with van der Waals surface area (Å²) < 4.78 is 0. The van der Waals surface area contributed by atoms with Gasteiger partial charge in [0.05, 0.1) is 20.7 Å². The molecule has 1 nitrogen and oxygen atoms in total. The van der Waals surface area contributed by atoms with E-state index in [1.165, 1.54) is 0 Å². The fourth-order valence-corrected chi connectivity index (χ4v) is 2.58. The minimum Gasteiger partial charge on any atom is -0.348 e. The molecule has 1 aliphatic heterocycles. The molecule has 0 aliphatic carbocycles. The zero-order chi connectivity index (χ0) is 9.42. The summed E-state index contributed by atoms with van der Waals surface area (Å²) >= 11 is 18.5. The summed E-state index contributed by atoms with van der Waals surface area (Å²) in [5, 5.41) is 4.24. The minimum absolute atomic E-state index is 0.554. The first-order chi connectivity index (χ1) is 6.16. The zero-order valence-electron chi connectivity index (χ0n) is 6.43. The van der Waals surface area contributed by atoms with Crippen LogP contribution < -0.4 is 5.32 Å². The average molecular weight is 250 g/mol. The Morgan fingerprint density at radius 2 is 2.00 bits per heavy atom. The van der Waals surface area contributed by atoms with Crippen molar-refractivity contribution in [2.45, 2.75) is 4.90 Å². The quantitative estimate of drug-likeness (QED) is 0.702. The normalized spacial score (nSPS) is 15.1. The zero-order valence-corrected chi connectivity index (χ0v) is 9.58. The second-order valence-corrected chi connectivity index (χ2v) is 4.92. The number of hydrogen-bond donors (Lipinski definition) is 1. The highest BCUT2D eigenvalue weighted by Crippen LogP contribution is 2.37. The molecule has 1 N–H and O–H groups in total. The first-order valence-corrected chi connectivity index (χ1v) is 5.73. The van der Waals surface area contributed by atoms with Crippen LogP contribution >= 0.6 is 47.2 Å². The molecule has 1 aliphatic rings. The highest BCUT2D eigenvalue weighted by Gasteiger charge is 2.14. The van der Waals surface area contributed by atoms with Gasteiger partial charge in [-0.25, -0.2) is 0 Å². The van der Waals surface area contributed by atoms with Crippen molar-refractivity contribution in [2.24, 2.45) is 0 Å². The van der Waals surface area contributed by atoms with E-state index < -0.39 is 0 Å². The van der Waals surface area contributed by atoms with Gasteiger partial charge in [0.1, 0.15) is 0 Å². The Labute approximate surface area is 95.8 Å². The van der Waals surface area contributed by atoms with Crippen molar-refractivity contribution in [3.63, 3.8) is 0 Å². The lowest BCUT2D eigenvalue weighted by atomic mass is 10.3. The van der Waals surface area contributed by atoms with Crippen LogP contribution in [0.2, 0.25) is 10.0 Å². The predicted octanol–water partition coefficient (Wildman–Crippen LogP) is 3.84. The minimum atomic E-state index is 0.554. The Kier molecular flexibility index (Phi) is 2.70. The third-order valence-electron chi connectivity index (χ3n) is 1.66. The van der Waals surface area contributed by atoms with E-state index in [9.17, 15) is 0 Å². The molecule has 1 aromatic carbocycles. The molecule has 1 heterocycles. The molecule has 2 rings (SSSR count). The Bertz CT molecular complexity index is 379. The third-order valence-corrected chi connectivity index (χ3v) is 3.89. The van der Waals surface area contributed by atoms with E-state index in [1.54, 1.807) is 17.8 Å². The van der Waals surface area contributed by atoms with Crippen LogP contribution in [0.1, 0.15) is 0 Å². The molecule has 5 heteroatoms. The van der Waals surface area contributed by atoms with Crippen molar-refractivity contribution >= 4 is 57.9 Å². The monoisotopic (exact) mass is 249 g/mol. The van der Waals surface area contributed by atoms with Crippen LogP contribution in [0, 0.1) is 0 Å². The van der Waals surface area contributed by atoms with E-state index in [2.05, 4.69) is 5.32 Å². The van der Waals surface area contributed by atoms with Crippen LogP contribution in [0.3, 0.4) is 0 Å². The maximum absolute atomic E-state index is 5.88. The van der Waals surface area contributed by atoms with Crippen molar-refractivity contribution in [1.82, 2.24) is 0 Å². The summed E-state index contributed by atoms with van der Waals surface area (Å²) in [6.07, 6.45) is 0. The number of anilines is 1. The van der Waals surface area contributed by atoms with Crippen molar-refractivity contribution in [1.29, 1.82) is 0 Å². The fourth-order valence-electron chi connectivity index (χ4n) is 1.08. The van der Waals surface area contributed by atoms with E-state index in [1.807, 2.05) is 6.07 Å². The molecule has 13 heavy (non-hydrogen) atoms. The maximum Gasteiger partial charge on any atom is 0.0901 e. The summed E-state index contributed by atoms with van der Waals surface area (Å²) in [5.74, 6) is 0.806. The SMILES string of the molecule is S=C1CSc2cc(Cl)c(Cl)cc2N1. The fraction of sp³-hybridized carbons (Fsp3) is 0.125. The maximum atomic E-state index is 5.88. The van der Waals surface area contributed by atoms with Gasteiger partial charge < -0.3 is 5.32 Å². The van der Waals surface area contributed by atoms with Crippen LogP contribution in [-0.4, -0.2) is 10.7 Å². The van der Waals surface area contributed by atoms with Crippen LogP contribution in [-0.2, 0) is 0 Å².